The van der Waals surface area contributed by atoms with Gasteiger partial charge in [0.1, 0.15) is 10.7 Å². The monoisotopic (exact) mass is 353 g/mol. The first-order chi connectivity index (χ1) is 11.0. The van der Waals surface area contributed by atoms with Crippen molar-refractivity contribution in [1.29, 1.82) is 0 Å². The zero-order valence-electron chi connectivity index (χ0n) is 11.6. The number of anilines is 1. The number of hydrogen-bond donors (Lipinski definition) is 0. The van der Waals surface area contributed by atoms with E-state index in [-0.39, 0.29) is 11.3 Å². The van der Waals surface area contributed by atoms with Crippen LogP contribution in [0.5, 0.6) is 0 Å². The quantitative estimate of drug-likeness (QED) is 0.748. The van der Waals surface area contributed by atoms with Crippen LogP contribution in [0.2, 0.25) is 0 Å². The molecule has 3 rings (SSSR count). The Labute approximate surface area is 141 Å². The summed E-state index contributed by atoms with van der Waals surface area (Å²) in [4.78, 5) is 24.9. The van der Waals surface area contributed by atoms with Crippen LogP contribution in [0.15, 0.2) is 48.5 Å². The Balaban J connectivity index is 2.12. The van der Waals surface area contributed by atoms with Crippen LogP contribution in [0.4, 0.5) is 14.9 Å². The van der Waals surface area contributed by atoms with Crippen LogP contribution in [0.1, 0.15) is 22.0 Å². The number of fused-ring (bicyclic) bond motifs is 1. The Morgan fingerprint density at radius 1 is 1.04 bits per heavy atom. The van der Waals surface area contributed by atoms with E-state index in [0.29, 0.717) is 5.56 Å². The number of halogens is 3. The first-order valence-electron chi connectivity index (χ1n) is 6.67. The SMILES string of the molecule is O=C1OC(C(Cl)Cl)c2ccccc2C(=O)N1c1ccc(F)cc1. The number of amides is 2. The number of ether oxygens (including phenoxy) is 1. The van der Waals surface area contributed by atoms with E-state index in [2.05, 4.69) is 0 Å². The molecule has 1 atom stereocenters. The van der Waals surface area contributed by atoms with Crippen molar-refractivity contribution in [2.45, 2.75) is 10.9 Å². The molecule has 0 aromatic heterocycles. The van der Waals surface area contributed by atoms with Crippen molar-refractivity contribution in [2.75, 3.05) is 4.90 Å². The molecule has 1 heterocycles. The predicted octanol–water partition coefficient (Wildman–Crippen LogP) is 4.47. The van der Waals surface area contributed by atoms with Crippen LogP contribution < -0.4 is 4.90 Å². The number of rotatable bonds is 2. The third kappa shape index (κ3) is 2.90. The second kappa shape index (κ2) is 6.18. The third-order valence-corrected chi connectivity index (χ3v) is 3.88. The predicted molar refractivity (Wildman–Crippen MR) is 84.4 cm³/mol. The minimum Gasteiger partial charge on any atom is -0.438 e. The normalized spacial score (nSPS) is 17.7. The molecule has 1 aliphatic rings. The Kier molecular flexibility index (Phi) is 4.24. The maximum absolute atomic E-state index is 13.1. The minimum absolute atomic E-state index is 0.192. The van der Waals surface area contributed by atoms with Gasteiger partial charge in [-0.1, -0.05) is 18.2 Å². The number of carbonyl (C=O) groups excluding carboxylic acids is 2. The van der Waals surface area contributed by atoms with Gasteiger partial charge in [0.15, 0.2) is 6.10 Å². The van der Waals surface area contributed by atoms with E-state index >= 15 is 0 Å². The summed E-state index contributed by atoms with van der Waals surface area (Å²) >= 11 is 11.8. The highest BCUT2D eigenvalue weighted by Crippen LogP contribution is 2.35. The molecule has 118 valence electrons. The topological polar surface area (TPSA) is 46.6 Å². The van der Waals surface area contributed by atoms with Gasteiger partial charge in [0.2, 0.25) is 0 Å². The lowest BCUT2D eigenvalue weighted by Crippen LogP contribution is -2.36. The number of cyclic esters (lactones) is 1. The van der Waals surface area contributed by atoms with E-state index in [4.69, 9.17) is 27.9 Å². The van der Waals surface area contributed by atoms with Gasteiger partial charge in [-0.2, -0.15) is 0 Å². The number of nitrogens with zero attached hydrogens (tertiary/aromatic N) is 1. The average molecular weight is 354 g/mol. The largest absolute Gasteiger partial charge is 0.438 e. The van der Waals surface area contributed by atoms with Gasteiger partial charge in [-0.3, -0.25) is 4.79 Å². The smallest absolute Gasteiger partial charge is 0.422 e. The molecule has 1 unspecified atom stereocenters. The lowest BCUT2D eigenvalue weighted by molar-refractivity contribution is 0.0952. The van der Waals surface area contributed by atoms with Crippen molar-refractivity contribution < 1.29 is 18.7 Å². The van der Waals surface area contributed by atoms with Crippen molar-refractivity contribution in [2.24, 2.45) is 0 Å². The highest BCUT2D eigenvalue weighted by Gasteiger charge is 2.38. The van der Waals surface area contributed by atoms with Crippen LogP contribution in [0.25, 0.3) is 0 Å². The molecule has 0 saturated heterocycles. The van der Waals surface area contributed by atoms with Gasteiger partial charge < -0.3 is 4.74 Å². The fourth-order valence-corrected chi connectivity index (χ4v) is 2.74. The molecule has 23 heavy (non-hydrogen) atoms. The fourth-order valence-electron chi connectivity index (χ4n) is 2.37. The highest BCUT2D eigenvalue weighted by atomic mass is 35.5. The summed E-state index contributed by atoms with van der Waals surface area (Å²) in [6.45, 7) is 0. The number of imide groups is 1. The molecule has 0 radical (unpaired) electrons. The lowest BCUT2D eigenvalue weighted by Gasteiger charge is -2.20. The summed E-state index contributed by atoms with van der Waals surface area (Å²) in [6, 6.07) is 11.5. The maximum Gasteiger partial charge on any atom is 0.422 e. The second-order valence-corrected chi connectivity index (χ2v) is 6.01. The summed E-state index contributed by atoms with van der Waals surface area (Å²) in [5.74, 6) is -1.07. The summed E-state index contributed by atoms with van der Waals surface area (Å²) < 4.78 is 18.4. The van der Waals surface area contributed by atoms with Gasteiger partial charge >= 0.3 is 6.09 Å². The molecule has 2 aromatic rings. The van der Waals surface area contributed by atoms with Crippen LogP contribution in [-0.2, 0) is 4.74 Å². The van der Waals surface area contributed by atoms with Gasteiger partial charge in [0.05, 0.1) is 5.69 Å². The number of hydrogen-bond acceptors (Lipinski definition) is 3. The van der Waals surface area contributed by atoms with E-state index in [1.807, 2.05) is 0 Å². The first kappa shape index (κ1) is 15.8. The molecule has 0 N–H and O–H groups in total. The number of alkyl halides is 2. The Hall–Kier alpha value is -2.11. The molecule has 0 spiro atoms. The Morgan fingerprint density at radius 2 is 1.70 bits per heavy atom. The van der Waals surface area contributed by atoms with E-state index in [0.717, 1.165) is 17.0 Å². The summed E-state index contributed by atoms with van der Waals surface area (Å²) in [5.41, 5.74) is 0.863. The highest BCUT2D eigenvalue weighted by molar-refractivity contribution is 6.44. The van der Waals surface area contributed by atoms with Crippen molar-refractivity contribution in [1.82, 2.24) is 0 Å². The molecule has 4 nitrogen and oxygen atoms in total. The van der Waals surface area contributed by atoms with Gasteiger partial charge in [-0.25, -0.2) is 14.1 Å². The van der Waals surface area contributed by atoms with E-state index in [1.165, 1.54) is 12.1 Å². The van der Waals surface area contributed by atoms with Gasteiger partial charge in [-0.05, 0) is 30.3 Å². The molecule has 1 aliphatic heterocycles. The van der Waals surface area contributed by atoms with Crippen molar-refractivity contribution in [3.8, 4) is 0 Å². The molecule has 0 aliphatic carbocycles. The second-order valence-electron chi connectivity index (χ2n) is 4.84. The van der Waals surface area contributed by atoms with Crippen LogP contribution in [-0.4, -0.2) is 16.8 Å². The molecule has 7 heteroatoms. The first-order valence-corrected chi connectivity index (χ1v) is 7.54. The standard InChI is InChI=1S/C16H10Cl2FNO3/c17-14(18)13-11-3-1-2-4-12(11)15(21)20(16(22)23-13)10-7-5-9(19)6-8-10/h1-8,13-14H. The van der Waals surface area contributed by atoms with Crippen LogP contribution in [0.3, 0.4) is 0 Å². The number of carbonyl (C=O) groups is 2. The molecular weight excluding hydrogens is 344 g/mol. The van der Waals surface area contributed by atoms with E-state index < -0.39 is 28.8 Å². The Morgan fingerprint density at radius 3 is 2.35 bits per heavy atom. The van der Waals surface area contributed by atoms with Crippen molar-refractivity contribution in [3.63, 3.8) is 0 Å². The van der Waals surface area contributed by atoms with Gasteiger partial charge in [-0.15, -0.1) is 23.2 Å². The fraction of sp³-hybridized carbons (Fsp3) is 0.125. The Bertz CT molecular complexity index is 764. The maximum atomic E-state index is 13.1. The average Bonchev–Trinajstić information content (AvgIpc) is 2.64. The molecule has 0 saturated carbocycles. The zero-order chi connectivity index (χ0) is 16.6. The van der Waals surface area contributed by atoms with Crippen LogP contribution >= 0.6 is 23.2 Å². The van der Waals surface area contributed by atoms with Crippen LogP contribution in [0, 0.1) is 5.82 Å². The summed E-state index contributed by atoms with van der Waals surface area (Å²) in [6.07, 6.45) is -1.90. The van der Waals surface area contributed by atoms with Gasteiger partial charge in [0.25, 0.3) is 5.91 Å². The lowest BCUT2D eigenvalue weighted by atomic mass is 10.0. The molecule has 0 fully saturated rings. The minimum atomic E-state index is -1.04. The summed E-state index contributed by atoms with van der Waals surface area (Å²) in [7, 11) is 0. The molecule has 2 amide bonds. The van der Waals surface area contributed by atoms with Crippen molar-refractivity contribution >= 4 is 40.9 Å². The molecule has 0 bridgehead atoms. The van der Waals surface area contributed by atoms with E-state index in [9.17, 15) is 14.0 Å². The van der Waals surface area contributed by atoms with Gasteiger partial charge in [0, 0.05) is 11.1 Å². The number of benzene rings is 2. The summed E-state index contributed by atoms with van der Waals surface area (Å²) in [5, 5.41) is 0. The molecule has 2 aromatic carbocycles. The van der Waals surface area contributed by atoms with E-state index in [1.54, 1.807) is 24.3 Å². The van der Waals surface area contributed by atoms with Crippen molar-refractivity contribution in [3.05, 3.63) is 65.5 Å². The molecular formula is C16H10Cl2FNO3. The third-order valence-electron chi connectivity index (χ3n) is 3.42. The zero-order valence-corrected chi connectivity index (χ0v) is 13.1.